The predicted molar refractivity (Wildman–Crippen MR) is 93.0 cm³/mol. The second-order valence-electron chi connectivity index (χ2n) is 6.07. The molecule has 0 saturated heterocycles. The van der Waals surface area contributed by atoms with Gasteiger partial charge in [-0.2, -0.15) is 13.2 Å². The fraction of sp³-hybridized carbons (Fsp3) is 0.150. The molecule has 1 aromatic heterocycles. The number of rotatable bonds is 4. The van der Waals surface area contributed by atoms with Crippen LogP contribution in [-0.2, 0) is 6.18 Å². The van der Waals surface area contributed by atoms with Crippen molar-refractivity contribution in [1.29, 1.82) is 0 Å². The summed E-state index contributed by atoms with van der Waals surface area (Å²) in [6.45, 7) is 0. The second kappa shape index (κ2) is 7.46. The van der Waals surface area contributed by atoms with Gasteiger partial charge in [-0.25, -0.2) is 4.39 Å². The van der Waals surface area contributed by atoms with Gasteiger partial charge in [0.15, 0.2) is 0 Å². The third kappa shape index (κ3) is 4.15. The van der Waals surface area contributed by atoms with Gasteiger partial charge in [-0.05, 0) is 40.5 Å². The predicted octanol–water partition coefficient (Wildman–Crippen LogP) is 4.64. The molecule has 2 aromatic carbocycles. The molecule has 2 unspecified atom stereocenters. The number of benzene rings is 2. The molecule has 140 valence electrons. The number of aliphatic hydroxyl groups is 1. The van der Waals surface area contributed by atoms with Gasteiger partial charge in [-0.15, -0.1) is 0 Å². The first kappa shape index (κ1) is 19.0. The summed E-state index contributed by atoms with van der Waals surface area (Å²) in [4.78, 5) is 4.03. The number of alkyl halides is 3. The van der Waals surface area contributed by atoms with Crippen molar-refractivity contribution < 1.29 is 22.7 Å². The van der Waals surface area contributed by atoms with Crippen molar-refractivity contribution in [3.05, 3.63) is 89.5 Å². The van der Waals surface area contributed by atoms with Crippen LogP contribution in [0, 0.1) is 5.82 Å². The third-order valence-corrected chi connectivity index (χ3v) is 4.27. The van der Waals surface area contributed by atoms with Crippen LogP contribution in [0.4, 0.5) is 17.6 Å². The highest BCUT2D eigenvalue weighted by Crippen LogP contribution is 2.34. The van der Waals surface area contributed by atoms with Crippen LogP contribution in [0.1, 0.15) is 28.8 Å². The Morgan fingerprint density at radius 3 is 2.15 bits per heavy atom. The molecule has 0 aliphatic heterocycles. The van der Waals surface area contributed by atoms with Gasteiger partial charge in [0.05, 0.1) is 17.7 Å². The zero-order valence-corrected chi connectivity index (χ0v) is 14.0. The van der Waals surface area contributed by atoms with E-state index in [1.165, 1.54) is 0 Å². The molecule has 0 bridgehead atoms. The quantitative estimate of drug-likeness (QED) is 0.652. The van der Waals surface area contributed by atoms with E-state index in [9.17, 15) is 22.7 Å². The van der Waals surface area contributed by atoms with Crippen molar-refractivity contribution in [3.8, 4) is 11.1 Å². The number of halogens is 4. The monoisotopic (exact) mass is 376 g/mol. The SMILES string of the molecule is NC(c1ccc(C(F)(F)F)c(F)c1)C(O)c1ccc(-c2cccnc2)cc1. The lowest BCUT2D eigenvalue weighted by Crippen LogP contribution is -2.20. The first-order chi connectivity index (χ1) is 12.8. The molecule has 3 aromatic rings. The van der Waals surface area contributed by atoms with Crippen LogP contribution in [0.5, 0.6) is 0 Å². The molecule has 0 fully saturated rings. The van der Waals surface area contributed by atoms with Gasteiger partial charge >= 0.3 is 6.18 Å². The van der Waals surface area contributed by atoms with Crippen molar-refractivity contribution >= 4 is 0 Å². The minimum absolute atomic E-state index is 0.0735. The Morgan fingerprint density at radius 1 is 0.926 bits per heavy atom. The van der Waals surface area contributed by atoms with E-state index in [4.69, 9.17) is 5.73 Å². The van der Waals surface area contributed by atoms with Crippen molar-refractivity contribution in [2.75, 3.05) is 0 Å². The topological polar surface area (TPSA) is 59.1 Å². The fourth-order valence-electron chi connectivity index (χ4n) is 2.76. The summed E-state index contributed by atoms with van der Waals surface area (Å²) in [6.07, 6.45) is -2.64. The molecule has 2 atom stereocenters. The number of hydrogen-bond acceptors (Lipinski definition) is 3. The summed E-state index contributed by atoms with van der Waals surface area (Å²) in [5, 5.41) is 10.4. The minimum atomic E-state index is -4.78. The van der Waals surface area contributed by atoms with Gasteiger partial charge in [0.25, 0.3) is 0 Å². The molecule has 0 amide bonds. The van der Waals surface area contributed by atoms with Gasteiger partial charge in [0, 0.05) is 12.4 Å². The molecular weight excluding hydrogens is 360 g/mol. The van der Waals surface area contributed by atoms with Crippen LogP contribution >= 0.6 is 0 Å². The van der Waals surface area contributed by atoms with Crippen LogP contribution in [0.25, 0.3) is 11.1 Å². The molecule has 27 heavy (non-hydrogen) atoms. The van der Waals surface area contributed by atoms with Crippen LogP contribution in [0.2, 0.25) is 0 Å². The summed E-state index contributed by atoms with van der Waals surface area (Å²) in [6, 6.07) is 11.9. The van der Waals surface area contributed by atoms with Crippen molar-refractivity contribution in [1.82, 2.24) is 4.98 Å². The second-order valence-corrected chi connectivity index (χ2v) is 6.07. The Bertz CT molecular complexity index is 912. The van der Waals surface area contributed by atoms with Crippen molar-refractivity contribution in [3.63, 3.8) is 0 Å². The highest BCUT2D eigenvalue weighted by Gasteiger charge is 2.34. The minimum Gasteiger partial charge on any atom is -0.386 e. The number of aliphatic hydroxyl groups excluding tert-OH is 1. The molecule has 3 N–H and O–H groups in total. The van der Waals surface area contributed by atoms with E-state index < -0.39 is 29.7 Å². The first-order valence-electron chi connectivity index (χ1n) is 8.08. The number of nitrogens with zero attached hydrogens (tertiary/aromatic N) is 1. The lowest BCUT2D eigenvalue weighted by Gasteiger charge is -2.21. The van der Waals surface area contributed by atoms with E-state index in [1.807, 2.05) is 6.07 Å². The van der Waals surface area contributed by atoms with Crippen LogP contribution in [0.3, 0.4) is 0 Å². The molecule has 7 heteroatoms. The number of aromatic nitrogens is 1. The summed E-state index contributed by atoms with van der Waals surface area (Å²) in [5.41, 5.74) is 6.89. The Kier molecular flexibility index (Phi) is 5.25. The molecule has 0 aliphatic carbocycles. The van der Waals surface area contributed by atoms with E-state index in [0.717, 1.165) is 17.2 Å². The summed E-state index contributed by atoms with van der Waals surface area (Å²) < 4.78 is 51.7. The van der Waals surface area contributed by atoms with E-state index in [-0.39, 0.29) is 5.56 Å². The normalized spacial score (nSPS) is 14.0. The number of pyridine rings is 1. The summed E-state index contributed by atoms with van der Waals surface area (Å²) in [7, 11) is 0. The standard InChI is InChI=1S/C20H16F4N2O/c21-17-10-14(7-8-16(17)20(22,23)24)18(25)19(27)13-5-3-12(4-6-13)15-2-1-9-26-11-15/h1-11,18-19,27H,25H2. The van der Waals surface area contributed by atoms with E-state index in [1.54, 1.807) is 42.7 Å². The lowest BCUT2D eigenvalue weighted by atomic mass is 9.94. The van der Waals surface area contributed by atoms with Gasteiger partial charge in [-0.3, -0.25) is 4.98 Å². The maximum Gasteiger partial charge on any atom is 0.419 e. The Morgan fingerprint density at radius 2 is 1.59 bits per heavy atom. The molecule has 3 rings (SSSR count). The van der Waals surface area contributed by atoms with E-state index in [2.05, 4.69) is 4.98 Å². The first-order valence-corrected chi connectivity index (χ1v) is 8.08. The fourth-order valence-corrected chi connectivity index (χ4v) is 2.76. The zero-order chi connectivity index (χ0) is 19.6. The summed E-state index contributed by atoms with van der Waals surface area (Å²) in [5.74, 6) is -1.42. The highest BCUT2D eigenvalue weighted by molar-refractivity contribution is 5.62. The zero-order valence-electron chi connectivity index (χ0n) is 14.0. The van der Waals surface area contributed by atoms with Crippen molar-refractivity contribution in [2.24, 2.45) is 5.73 Å². The van der Waals surface area contributed by atoms with Gasteiger partial charge in [-0.1, -0.05) is 36.4 Å². The van der Waals surface area contributed by atoms with Crippen LogP contribution in [0.15, 0.2) is 67.0 Å². The Labute approximate surface area is 153 Å². The van der Waals surface area contributed by atoms with Crippen molar-refractivity contribution in [2.45, 2.75) is 18.3 Å². The molecular formula is C20H16F4N2O. The maximum absolute atomic E-state index is 13.7. The smallest absolute Gasteiger partial charge is 0.386 e. The highest BCUT2D eigenvalue weighted by atomic mass is 19.4. The van der Waals surface area contributed by atoms with Gasteiger partial charge < -0.3 is 10.8 Å². The van der Waals surface area contributed by atoms with E-state index in [0.29, 0.717) is 17.7 Å². The lowest BCUT2D eigenvalue weighted by molar-refractivity contribution is -0.140. The number of hydrogen-bond donors (Lipinski definition) is 2. The van der Waals surface area contributed by atoms with Gasteiger partial charge in [0.2, 0.25) is 0 Å². The van der Waals surface area contributed by atoms with E-state index >= 15 is 0 Å². The molecule has 0 spiro atoms. The maximum atomic E-state index is 13.7. The van der Waals surface area contributed by atoms with Crippen LogP contribution in [-0.4, -0.2) is 10.1 Å². The largest absolute Gasteiger partial charge is 0.419 e. The molecule has 0 saturated carbocycles. The van der Waals surface area contributed by atoms with Crippen LogP contribution < -0.4 is 5.73 Å². The molecule has 0 radical (unpaired) electrons. The Balaban J connectivity index is 1.81. The summed E-state index contributed by atoms with van der Waals surface area (Å²) >= 11 is 0. The Hall–Kier alpha value is -2.77. The average molecular weight is 376 g/mol. The third-order valence-electron chi connectivity index (χ3n) is 4.27. The number of nitrogens with two attached hydrogens (primary N) is 1. The molecule has 1 heterocycles. The molecule has 0 aliphatic rings. The van der Waals surface area contributed by atoms with Gasteiger partial charge in [0.1, 0.15) is 5.82 Å². The average Bonchev–Trinajstić information content (AvgIpc) is 2.66. The molecule has 3 nitrogen and oxygen atoms in total.